The fourth-order valence-corrected chi connectivity index (χ4v) is 1.80. The molecule has 112 valence electrons. The van der Waals surface area contributed by atoms with Crippen molar-refractivity contribution in [2.45, 2.75) is 19.8 Å². The molecule has 6 heteroatoms. The molecule has 0 aromatic heterocycles. The Bertz CT molecular complexity index is 579. The minimum atomic E-state index is -1.05. The van der Waals surface area contributed by atoms with Gasteiger partial charge in [-0.05, 0) is 36.6 Å². The average molecular weight is 290 g/mol. The summed E-state index contributed by atoms with van der Waals surface area (Å²) in [5, 5.41) is 11.3. The molecule has 0 aliphatic heterocycles. The fourth-order valence-electron chi connectivity index (χ4n) is 1.80. The quantitative estimate of drug-likeness (QED) is 0.515. The van der Waals surface area contributed by atoms with Crippen molar-refractivity contribution in [2.24, 2.45) is 5.73 Å². The van der Waals surface area contributed by atoms with E-state index in [4.69, 9.17) is 10.8 Å². The van der Waals surface area contributed by atoms with Crippen LogP contribution in [0.2, 0.25) is 0 Å². The van der Waals surface area contributed by atoms with Gasteiger partial charge in [-0.1, -0.05) is 12.1 Å². The standard InChI is InChI=1S/C15H18N2O4/c1-10-11(7-8-14(19)20)4-2-5-12(10)15(21)17-9-3-6-13(16)18/h2,4-5,7-8H,3,6,9H2,1H3,(H2,16,18)(H,17,21)(H,19,20). The summed E-state index contributed by atoms with van der Waals surface area (Å²) in [6.45, 7) is 2.11. The van der Waals surface area contributed by atoms with E-state index >= 15 is 0 Å². The first-order valence-electron chi connectivity index (χ1n) is 6.49. The lowest BCUT2D eigenvalue weighted by Crippen LogP contribution is -2.26. The van der Waals surface area contributed by atoms with Crippen LogP contribution in [0, 0.1) is 6.92 Å². The number of carbonyl (C=O) groups excluding carboxylic acids is 2. The van der Waals surface area contributed by atoms with Crippen LogP contribution in [0.5, 0.6) is 0 Å². The highest BCUT2D eigenvalue weighted by Crippen LogP contribution is 2.15. The van der Waals surface area contributed by atoms with Crippen LogP contribution in [0.25, 0.3) is 6.08 Å². The maximum Gasteiger partial charge on any atom is 0.328 e. The smallest absolute Gasteiger partial charge is 0.328 e. The second kappa shape index (κ2) is 7.84. The van der Waals surface area contributed by atoms with Crippen LogP contribution in [-0.2, 0) is 9.59 Å². The van der Waals surface area contributed by atoms with Crippen molar-refractivity contribution in [3.05, 3.63) is 41.0 Å². The number of hydrogen-bond acceptors (Lipinski definition) is 3. The summed E-state index contributed by atoms with van der Waals surface area (Å²) in [6, 6.07) is 5.09. The van der Waals surface area contributed by atoms with Crippen LogP contribution >= 0.6 is 0 Å². The molecule has 1 rings (SSSR count). The molecular weight excluding hydrogens is 272 g/mol. The minimum absolute atomic E-state index is 0.223. The molecule has 2 amide bonds. The van der Waals surface area contributed by atoms with Gasteiger partial charge in [0.25, 0.3) is 5.91 Å². The largest absolute Gasteiger partial charge is 0.478 e. The Morgan fingerprint density at radius 3 is 2.67 bits per heavy atom. The molecule has 0 heterocycles. The zero-order chi connectivity index (χ0) is 15.8. The molecule has 0 aliphatic carbocycles. The Labute approximate surface area is 122 Å². The van der Waals surface area contributed by atoms with Crippen LogP contribution in [0.15, 0.2) is 24.3 Å². The molecule has 4 N–H and O–H groups in total. The van der Waals surface area contributed by atoms with Crippen molar-refractivity contribution < 1.29 is 19.5 Å². The number of nitrogens with two attached hydrogens (primary N) is 1. The summed E-state index contributed by atoms with van der Waals surface area (Å²) in [5.41, 5.74) is 6.85. The lowest BCUT2D eigenvalue weighted by Gasteiger charge is -2.09. The van der Waals surface area contributed by atoms with Crippen LogP contribution < -0.4 is 11.1 Å². The van der Waals surface area contributed by atoms with Gasteiger partial charge >= 0.3 is 5.97 Å². The van der Waals surface area contributed by atoms with Gasteiger partial charge in [-0.15, -0.1) is 0 Å². The van der Waals surface area contributed by atoms with Crippen LogP contribution in [0.3, 0.4) is 0 Å². The second-order valence-corrected chi connectivity index (χ2v) is 4.52. The number of carboxylic acid groups (broad SMARTS) is 1. The average Bonchev–Trinajstić information content (AvgIpc) is 2.42. The zero-order valence-electron chi connectivity index (χ0n) is 11.8. The van der Waals surface area contributed by atoms with Gasteiger partial charge in [0.15, 0.2) is 0 Å². The molecule has 21 heavy (non-hydrogen) atoms. The van der Waals surface area contributed by atoms with Gasteiger partial charge in [-0.2, -0.15) is 0 Å². The molecule has 0 aliphatic rings. The van der Waals surface area contributed by atoms with Crippen molar-refractivity contribution in [3.8, 4) is 0 Å². The van der Waals surface area contributed by atoms with E-state index < -0.39 is 11.9 Å². The van der Waals surface area contributed by atoms with Gasteiger partial charge in [-0.3, -0.25) is 9.59 Å². The first-order valence-corrected chi connectivity index (χ1v) is 6.49. The number of carboxylic acids is 1. The first kappa shape index (κ1) is 16.4. The van der Waals surface area contributed by atoms with E-state index in [1.165, 1.54) is 6.08 Å². The van der Waals surface area contributed by atoms with E-state index in [0.29, 0.717) is 29.7 Å². The molecule has 0 fully saturated rings. The molecule has 0 saturated carbocycles. The summed E-state index contributed by atoms with van der Waals surface area (Å²) in [6.07, 6.45) is 3.18. The van der Waals surface area contributed by atoms with Gasteiger partial charge < -0.3 is 16.2 Å². The molecule has 0 bridgehead atoms. The lowest BCUT2D eigenvalue weighted by atomic mass is 10.0. The molecule has 0 radical (unpaired) electrons. The summed E-state index contributed by atoms with van der Waals surface area (Å²) in [7, 11) is 0. The number of aliphatic carboxylic acids is 1. The van der Waals surface area contributed by atoms with E-state index in [0.717, 1.165) is 6.08 Å². The molecular formula is C15H18N2O4. The Morgan fingerprint density at radius 2 is 2.05 bits per heavy atom. The Hall–Kier alpha value is -2.63. The Morgan fingerprint density at radius 1 is 1.33 bits per heavy atom. The molecule has 0 spiro atoms. The summed E-state index contributed by atoms with van der Waals surface area (Å²) >= 11 is 0. The number of nitrogens with one attached hydrogen (secondary N) is 1. The van der Waals surface area contributed by atoms with Gasteiger partial charge in [0, 0.05) is 24.6 Å². The second-order valence-electron chi connectivity index (χ2n) is 4.52. The van der Waals surface area contributed by atoms with Crippen molar-refractivity contribution in [1.29, 1.82) is 0 Å². The van der Waals surface area contributed by atoms with E-state index in [1.807, 2.05) is 0 Å². The third-order valence-corrected chi connectivity index (χ3v) is 2.91. The fraction of sp³-hybridized carbons (Fsp3) is 0.267. The first-order chi connectivity index (χ1) is 9.91. The number of hydrogen-bond donors (Lipinski definition) is 3. The third kappa shape index (κ3) is 5.48. The molecule has 0 saturated heterocycles. The topological polar surface area (TPSA) is 109 Å². The molecule has 1 aromatic rings. The van der Waals surface area contributed by atoms with Crippen LogP contribution in [0.1, 0.15) is 34.3 Å². The van der Waals surface area contributed by atoms with Crippen molar-refractivity contribution in [1.82, 2.24) is 5.32 Å². The van der Waals surface area contributed by atoms with Crippen molar-refractivity contribution >= 4 is 23.9 Å². The molecule has 1 aromatic carbocycles. The summed E-state index contributed by atoms with van der Waals surface area (Å²) in [4.78, 5) is 33.2. The highest BCUT2D eigenvalue weighted by atomic mass is 16.4. The van der Waals surface area contributed by atoms with Gasteiger partial charge in [0.05, 0.1) is 0 Å². The Kier molecular flexibility index (Phi) is 6.13. The highest BCUT2D eigenvalue weighted by molar-refractivity contribution is 5.97. The number of benzene rings is 1. The monoisotopic (exact) mass is 290 g/mol. The van der Waals surface area contributed by atoms with E-state index in [2.05, 4.69) is 5.32 Å². The number of primary amides is 1. The maximum atomic E-state index is 12.0. The minimum Gasteiger partial charge on any atom is -0.478 e. The molecule has 0 atom stereocenters. The van der Waals surface area contributed by atoms with Gasteiger partial charge in [-0.25, -0.2) is 4.79 Å². The van der Waals surface area contributed by atoms with Crippen LogP contribution in [-0.4, -0.2) is 29.4 Å². The van der Waals surface area contributed by atoms with Gasteiger partial charge in [0.2, 0.25) is 5.91 Å². The maximum absolute atomic E-state index is 12.0. The van der Waals surface area contributed by atoms with E-state index in [9.17, 15) is 14.4 Å². The Balaban J connectivity index is 2.74. The summed E-state index contributed by atoms with van der Waals surface area (Å²) in [5.74, 6) is -1.71. The molecule has 6 nitrogen and oxygen atoms in total. The zero-order valence-corrected chi connectivity index (χ0v) is 11.8. The third-order valence-electron chi connectivity index (χ3n) is 2.91. The number of amides is 2. The predicted octanol–water partition coefficient (Wildman–Crippen LogP) is 1.09. The van der Waals surface area contributed by atoms with E-state index in [-0.39, 0.29) is 12.3 Å². The van der Waals surface area contributed by atoms with Crippen molar-refractivity contribution in [3.63, 3.8) is 0 Å². The SMILES string of the molecule is Cc1c(C=CC(=O)O)cccc1C(=O)NCCCC(N)=O. The van der Waals surface area contributed by atoms with Gasteiger partial charge in [0.1, 0.15) is 0 Å². The molecule has 0 unspecified atom stereocenters. The number of carbonyl (C=O) groups is 3. The normalized spacial score (nSPS) is 10.5. The van der Waals surface area contributed by atoms with Crippen molar-refractivity contribution in [2.75, 3.05) is 6.54 Å². The van der Waals surface area contributed by atoms with E-state index in [1.54, 1.807) is 25.1 Å². The predicted molar refractivity (Wildman–Crippen MR) is 78.6 cm³/mol. The highest BCUT2D eigenvalue weighted by Gasteiger charge is 2.10. The lowest BCUT2D eigenvalue weighted by molar-refractivity contribution is -0.131. The number of rotatable bonds is 7. The van der Waals surface area contributed by atoms with Crippen LogP contribution in [0.4, 0.5) is 0 Å². The summed E-state index contributed by atoms with van der Waals surface area (Å²) < 4.78 is 0.